The van der Waals surface area contributed by atoms with Crippen molar-refractivity contribution in [2.24, 2.45) is 0 Å². The maximum Gasteiger partial charge on any atom is 0.312 e. The number of hydrogen-bond donors (Lipinski definition) is 1. The normalized spacial score (nSPS) is 15.2. The number of rotatable bonds is 6. The highest BCUT2D eigenvalue weighted by Gasteiger charge is 2.38. The van der Waals surface area contributed by atoms with Crippen LogP contribution in [0.1, 0.15) is 54.5 Å². The van der Waals surface area contributed by atoms with Gasteiger partial charge in [-0.3, -0.25) is 4.79 Å². The number of aliphatic hydroxyl groups is 1. The number of hydrogen-bond acceptors (Lipinski definition) is 4. The molecule has 1 aliphatic heterocycles. The van der Waals surface area contributed by atoms with Gasteiger partial charge in [0.05, 0.1) is 6.42 Å². The predicted octanol–water partition coefficient (Wildman–Crippen LogP) is 4.39. The van der Waals surface area contributed by atoms with Gasteiger partial charge < -0.3 is 14.6 Å². The minimum Gasteiger partial charge on any atom is -0.488 e. The van der Waals surface area contributed by atoms with Gasteiger partial charge in [0.15, 0.2) is 0 Å². The first-order valence-corrected chi connectivity index (χ1v) is 9.50. The molecular weight excluding hydrogens is 340 g/mol. The third-order valence-electron chi connectivity index (χ3n) is 5.30. The highest BCUT2D eigenvalue weighted by molar-refractivity contribution is 5.80. The number of carbonyl (C=O) groups excluding carboxylic acids is 1. The minimum atomic E-state index is -0.306. The Balaban J connectivity index is 2.09. The van der Waals surface area contributed by atoms with Crippen LogP contribution in [0.15, 0.2) is 30.3 Å². The van der Waals surface area contributed by atoms with Crippen molar-refractivity contribution >= 4 is 5.97 Å². The van der Waals surface area contributed by atoms with E-state index in [1.54, 1.807) is 0 Å². The van der Waals surface area contributed by atoms with Crippen molar-refractivity contribution in [2.75, 3.05) is 6.61 Å². The fourth-order valence-electron chi connectivity index (χ4n) is 4.03. The number of ether oxygens (including phenoxy) is 2. The van der Waals surface area contributed by atoms with Gasteiger partial charge in [-0.15, -0.1) is 0 Å². The van der Waals surface area contributed by atoms with E-state index in [4.69, 9.17) is 9.47 Å². The zero-order valence-corrected chi connectivity index (χ0v) is 16.6. The van der Waals surface area contributed by atoms with Crippen molar-refractivity contribution in [1.29, 1.82) is 0 Å². The summed E-state index contributed by atoms with van der Waals surface area (Å²) < 4.78 is 12.0. The van der Waals surface area contributed by atoms with Crippen LogP contribution in [0.4, 0.5) is 0 Å². The second kappa shape index (κ2) is 7.73. The first kappa shape index (κ1) is 19.4. The Morgan fingerprint density at radius 3 is 2.52 bits per heavy atom. The molecule has 3 rings (SSSR count). The molecule has 4 nitrogen and oxygen atoms in total. The van der Waals surface area contributed by atoms with Crippen molar-refractivity contribution in [3.8, 4) is 11.5 Å². The molecule has 1 N–H and O–H groups in total. The first-order valence-electron chi connectivity index (χ1n) is 9.50. The summed E-state index contributed by atoms with van der Waals surface area (Å²) in [6, 6.07) is 10.1. The lowest BCUT2D eigenvalue weighted by Crippen LogP contribution is -2.32. The van der Waals surface area contributed by atoms with Gasteiger partial charge >= 0.3 is 5.97 Å². The topological polar surface area (TPSA) is 55.8 Å². The molecule has 2 aromatic carbocycles. The van der Waals surface area contributed by atoms with Crippen LogP contribution in [0.25, 0.3) is 0 Å². The van der Waals surface area contributed by atoms with Gasteiger partial charge in [-0.05, 0) is 43.4 Å². The quantitative estimate of drug-likeness (QED) is 0.607. The molecule has 1 heterocycles. The molecule has 1 aliphatic rings. The highest BCUT2D eigenvalue weighted by atomic mass is 16.5. The smallest absolute Gasteiger partial charge is 0.312 e. The standard InChI is InChI=1S/C23H28O4/c1-15-18(11-8-12-24)21(26-14-17-9-6-5-7-10-17)16(2)20-22(15)27-19(25)13-23(20,3)4/h5-7,9-10,24H,8,11-14H2,1-4H3. The Bertz CT molecular complexity index is 837. The van der Waals surface area contributed by atoms with Crippen molar-refractivity contribution < 1.29 is 19.4 Å². The van der Waals surface area contributed by atoms with Crippen LogP contribution in [-0.4, -0.2) is 17.7 Å². The van der Waals surface area contributed by atoms with E-state index in [0.717, 1.165) is 33.6 Å². The summed E-state index contributed by atoms with van der Waals surface area (Å²) >= 11 is 0. The van der Waals surface area contributed by atoms with Crippen molar-refractivity contribution in [3.05, 3.63) is 58.1 Å². The molecule has 0 bridgehead atoms. The summed E-state index contributed by atoms with van der Waals surface area (Å²) in [6.07, 6.45) is 1.67. The lowest BCUT2D eigenvalue weighted by atomic mass is 9.75. The molecule has 0 saturated carbocycles. The Morgan fingerprint density at radius 1 is 1.15 bits per heavy atom. The summed E-state index contributed by atoms with van der Waals surface area (Å²) in [5.41, 5.74) is 4.83. The molecule has 0 radical (unpaired) electrons. The van der Waals surface area contributed by atoms with E-state index in [-0.39, 0.29) is 18.0 Å². The monoisotopic (exact) mass is 368 g/mol. The second-order valence-corrected chi connectivity index (χ2v) is 7.90. The summed E-state index contributed by atoms with van der Waals surface area (Å²) in [6.45, 7) is 8.77. The fourth-order valence-corrected chi connectivity index (χ4v) is 4.03. The maximum absolute atomic E-state index is 12.1. The average molecular weight is 368 g/mol. The van der Waals surface area contributed by atoms with Crippen LogP contribution < -0.4 is 9.47 Å². The zero-order chi connectivity index (χ0) is 19.6. The Kier molecular flexibility index (Phi) is 5.56. The van der Waals surface area contributed by atoms with Crippen molar-refractivity contribution in [1.82, 2.24) is 0 Å². The Labute approximate surface area is 161 Å². The van der Waals surface area contributed by atoms with Gasteiger partial charge in [-0.2, -0.15) is 0 Å². The molecule has 27 heavy (non-hydrogen) atoms. The van der Waals surface area contributed by atoms with E-state index in [1.807, 2.05) is 44.2 Å². The number of aliphatic hydroxyl groups excluding tert-OH is 1. The summed E-state index contributed by atoms with van der Waals surface area (Å²) in [7, 11) is 0. The summed E-state index contributed by atoms with van der Waals surface area (Å²) in [4.78, 5) is 12.1. The van der Waals surface area contributed by atoms with Crippen molar-refractivity contribution in [3.63, 3.8) is 0 Å². The van der Waals surface area contributed by atoms with Gasteiger partial charge in [0.1, 0.15) is 18.1 Å². The first-order chi connectivity index (χ1) is 12.8. The number of benzene rings is 2. The van der Waals surface area contributed by atoms with E-state index in [2.05, 4.69) is 13.8 Å². The average Bonchev–Trinajstić information content (AvgIpc) is 2.62. The molecule has 4 heteroatoms. The third-order valence-corrected chi connectivity index (χ3v) is 5.30. The van der Waals surface area contributed by atoms with Gasteiger partial charge in [-0.25, -0.2) is 0 Å². The Hall–Kier alpha value is -2.33. The molecule has 0 unspecified atom stereocenters. The van der Waals surface area contributed by atoms with E-state index < -0.39 is 0 Å². The lowest BCUT2D eigenvalue weighted by Gasteiger charge is -2.35. The molecule has 0 fully saturated rings. The highest BCUT2D eigenvalue weighted by Crippen LogP contribution is 2.48. The van der Waals surface area contributed by atoms with Crippen molar-refractivity contribution in [2.45, 2.75) is 59.0 Å². The van der Waals surface area contributed by atoms with Crippen LogP contribution in [0, 0.1) is 13.8 Å². The molecule has 144 valence electrons. The van der Waals surface area contributed by atoms with E-state index in [9.17, 15) is 9.90 Å². The summed E-state index contributed by atoms with van der Waals surface area (Å²) in [5, 5.41) is 9.32. The van der Waals surface area contributed by atoms with Crippen LogP contribution in [0.2, 0.25) is 0 Å². The van der Waals surface area contributed by atoms with Crippen LogP contribution >= 0.6 is 0 Å². The maximum atomic E-state index is 12.1. The van der Waals surface area contributed by atoms with Crippen LogP contribution in [0.3, 0.4) is 0 Å². The molecule has 0 aliphatic carbocycles. The van der Waals surface area contributed by atoms with Gasteiger partial charge in [0.2, 0.25) is 0 Å². The van der Waals surface area contributed by atoms with Gasteiger partial charge in [-0.1, -0.05) is 44.2 Å². The molecule has 0 amide bonds. The fraction of sp³-hybridized carbons (Fsp3) is 0.435. The number of carbonyl (C=O) groups is 1. The lowest BCUT2D eigenvalue weighted by molar-refractivity contribution is -0.137. The molecular formula is C23H28O4. The summed E-state index contributed by atoms with van der Waals surface area (Å²) in [5.74, 6) is 1.34. The zero-order valence-electron chi connectivity index (χ0n) is 16.6. The molecule has 0 aromatic heterocycles. The molecule has 0 saturated heterocycles. The second-order valence-electron chi connectivity index (χ2n) is 7.90. The Morgan fingerprint density at radius 2 is 1.85 bits per heavy atom. The molecule has 2 aromatic rings. The van der Waals surface area contributed by atoms with E-state index in [0.29, 0.717) is 31.6 Å². The SMILES string of the molecule is Cc1c(CCCO)c(OCc2ccccc2)c(C)c2c1OC(=O)CC2(C)C. The largest absolute Gasteiger partial charge is 0.488 e. The number of fused-ring (bicyclic) bond motifs is 1. The van der Waals surface area contributed by atoms with Gasteiger partial charge in [0.25, 0.3) is 0 Å². The predicted molar refractivity (Wildman–Crippen MR) is 105 cm³/mol. The minimum absolute atomic E-state index is 0.110. The van der Waals surface area contributed by atoms with Crippen LogP contribution in [0.5, 0.6) is 11.5 Å². The molecule has 0 atom stereocenters. The van der Waals surface area contributed by atoms with E-state index in [1.165, 1.54) is 0 Å². The van der Waals surface area contributed by atoms with Crippen LogP contribution in [-0.2, 0) is 23.2 Å². The number of esters is 1. The third kappa shape index (κ3) is 3.86. The van der Waals surface area contributed by atoms with E-state index >= 15 is 0 Å². The molecule has 0 spiro atoms. The van der Waals surface area contributed by atoms with Gasteiger partial charge in [0, 0.05) is 23.1 Å².